The van der Waals surface area contributed by atoms with Gasteiger partial charge < -0.3 is 0 Å². The molecule has 0 saturated carbocycles. The van der Waals surface area contributed by atoms with Crippen LogP contribution in [0.5, 0.6) is 0 Å². The molecule has 0 aromatic carbocycles. The molecule has 1 aliphatic rings. The fourth-order valence-electron chi connectivity index (χ4n) is 0.689. The van der Waals surface area contributed by atoms with E-state index in [0.717, 1.165) is 12.6 Å². The van der Waals surface area contributed by atoms with Crippen LogP contribution in [0.3, 0.4) is 0 Å². The van der Waals surface area contributed by atoms with Crippen molar-refractivity contribution in [3.8, 4) is 0 Å². The molecule has 0 aromatic heterocycles. The molecule has 0 spiro atoms. The molecule has 0 bridgehead atoms. The highest BCUT2D eigenvalue weighted by molar-refractivity contribution is 4.72. The van der Waals surface area contributed by atoms with Gasteiger partial charge in [0.1, 0.15) is 0 Å². The molecular formula is C6H14N2. The largest absolute Gasteiger partial charge is 0.238 e. The molecule has 1 N–H and O–H groups in total. The monoisotopic (exact) mass is 114 g/mol. The van der Waals surface area contributed by atoms with Gasteiger partial charge in [-0.1, -0.05) is 13.8 Å². The van der Waals surface area contributed by atoms with E-state index in [1.165, 1.54) is 0 Å². The van der Waals surface area contributed by atoms with Crippen LogP contribution in [0.1, 0.15) is 20.8 Å². The predicted molar refractivity (Wildman–Crippen MR) is 34.1 cm³/mol. The van der Waals surface area contributed by atoms with Crippen LogP contribution >= 0.6 is 0 Å². The van der Waals surface area contributed by atoms with Gasteiger partial charge in [0.2, 0.25) is 0 Å². The molecule has 0 radical (unpaired) electrons. The van der Waals surface area contributed by atoms with Gasteiger partial charge in [0.05, 0.1) is 6.67 Å². The first-order valence-corrected chi connectivity index (χ1v) is 3.22. The first kappa shape index (κ1) is 6.05. The maximum atomic E-state index is 3.15. The molecule has 2 heteroatoms. The number of nitrogens with zero attached hydrogens (tertiary/aromatic N) is 1. The Labute approximate surface area is 50.8 Å². The molecule has 2 unspecified atom stereocenters. The summed E-state index contributed by atoms with van der Waals surface area (Å²) < 4.78 is 0. The zero-order chi connectivity index (χ0) is 6.15. The number of hydrogen-bond donors (Lipinski definition) is 1. The lowest BCUT2D eigenvalue weighted by molar-refractivity contribution is 0.312. The summed E-state index contributed by atoms with van der Waals surface area (Å²) in [6.07, 6.45) is 0. The Kier molecular flexibility index (Phi) is 1.54. The van der Waals surface area contributed by atoms with Crippen LogP contribution in [-0.2, 0) is 0 Å². The van der Waals surface area contributed by atoms with Gasteiger partial charge in [-0.25, -0.2) is 10.4 Å². The van der Waals surface area contributed by atoms with Crippen molar-refractivity contribution in [3.05, 3.63) is 0 Å². The molecule has 1 aliphatic heterocycles. The van der Waals surface area contributed by atoms with Crippen molar-refractivity contribution in [2.45, 2.75) is 26.8 Å². The molecule has 1 heterocycles. The van der Waals surface area contributed by atoms with Crippen molar-refractivity contribution in [1.82, 2.24) is 10.4 Å². The molecule has 48 valence electrons. The Balaban J connectivity index is 2.22. The lowest BCUT2D eigenvalue weighted by atomic mass is 10.1. The van der Waals surface area contributed by atoms with Crippen LogP contribution in [0.25, 0.3) is 0 Å². The van der Waals surface area contributed by atoms with E-state index in [1.807, 2.05) is 0 Å². The quantitative estimate of drug-likeness (QED) is 0.537. The van der Waals surface area contributed by atoms with Crippen molar-refractivity contribution in [1.29, 1.82) is 0 Å². The van der Waals surface area contributed by atoms with Gasteiger partial charge in [-0.2, -0.15) is 0 Å². The lowest BCUT2D eigenvalue weighted by Crippen LogP contribution is -2.22. The SMILES string of the molecule is CC(C)C(C)N1CN1. The van der Waals surface area contributed by atoms with Gasteiger partial charge in [-0.05, 0) is 12.8 Å². The summed E-state index contributed by atoms with van der Waals surface area (Å²) >= 11 is 0. The molecular weight excluding hydrogens is 100 g/mol. The number of nitrogens with one attached hydrogen (secondary N) is 1. The summed E-state index contributed by atoms with van der Waals surface area (Å²) in [4.78, 5) is 0. The summed E-state index contributed by atoms with van der Waals surface area (Å²) in [5, 5.41) is 2.24. The molecule has 1 fully saturated rings. The lowest BCUT2D eigenvalue weighted by Gasteiger charge is -2.13. The van der Waals surface area contributed by atoms with Crippen LogP contribution in [0, 0.1) is 5.92 Å². The van der Waals surface area contributed by atoms with E-state index in [9.17, 15) is 0 Å². The Morgan fingerprint density at radius 1 is 1.38 bits per heavy atom. The fourth-order valence-corrected chi connectivity index (χ4v) is 0.689. The van der Waals surface area contributed by atoms with Crippen LogP contribution in [0.4, 0.5) is 0 Å². The minimum atomic E-state index is 0.704. The summed E-state index contributed by atoms with van der Waals surface area (Å²) in [6.45, 7) is 7.80. The zero-order valence-electron chi connectivity index (χ0n) is 5.81. The second-order valence-corrected chi connectivity index (χ2v) is 2.77. The second-order valence-electron chi connectivity index (χ2n) is 2.77. The second kappa shape index (κ2) is 2.03. The summed E-state index contributed by atoms with van der Waals surface area (Å²) in [6, 6.07) is 0.704. The normalized spacial score (nSPS) is 30.8. The minimum absolute atomic E-state index is 0.704. The van der Waals surface area contributed by atoms with Gasteiger partial charge in [-0.3, -0.25) is 0 Å². The highest BCUT2D eigenvalue weighted by atomic mass is 15.7. The maximum absolute atomic E-state index is 3.15. The van der Waals surface area contributed by atoms with Gasteiger partial charge >= 0.3 is 0 Å². The van der Waals surface area contributed by atoms with Crippen molar-refractivity contribution < 1.29 is 0 Å². The third kappa shape index (κ3) is 1.20. The van der Waals surface area contributed by atoms with E-state index in [2.05, 4.69) is 31.2 Å². The van der Waals surface area contributed by atoms with E-state index in [4.69, 9.17) is 0 Å². The Morgan fingerprint density at radius 3 is 2.00 bits per heavy atom. The van der Waals surface area contributed by atoms with Gasteiger partial charge in [0.25, 0.3) is 0 Å². The average molecular weight is 114 g/mol. The Bertz CT molecular complexity index is 74.6. The van der Waals surface area contributed by atoms with Crippen LogP contribution in [0.15, 0.2) is 0 Å². The topological polar surface area (TPSA) is 25.0 Å². The summed E-state index contributed by atoms with van der Waals surface area (Å²) in [7, 11) is 0. The molecule has 0 aromatic rings. The van der Waals surface area contributed by atoms with Gasteiger partial charge in [-0.15, -0.1) is 0 Å². The first-order chi connectivity index (χ1) is 3.72. The highest BCUT2D eigenvalue weighted by Crippen LogP contribution is 2.11. The molecule has 0 aliphatic carbocycles. The average Bonchev–Trinajstić information content (AvgIpc) is 2.43. The predicted octanol–water partition coefficient (Wildman–Crippen LogP) is 0.809. The molecule has 0 amide bonds. The van der Waals surface area contributed by atoms with Gasteiger partial charge in [0, 0.05) is 6.04 Å². The highest BCUT2D eigenvalue weighted by Gasteiger charge is 2.24. The Hall–Kier alpha value is -0.0800. The standard InChI is InChI=1S/C6H14N2/c1-5(2)6(3)8-4-7-8/h5-7H,4H2,1-3H3. The van der Waals surface area contributed by atoms with Crippen molar-refractivity contribution >= 4 is 0 Å². The maximum Gasteiger partial charge on any atom is 0.0757 e. The molecule has 1 saturated heterocycles. The number of hydrazine groups is 1. The van der Waals surface area contributed by atoms with Crippen LogP contribution < -0.4 is 5.43 Å². The fraction of sp³-hybridized carbons (Fsp3) is 1.00. The Morgan fingerprint density at radius 2 is 1.88 bits per heavy atom. The van der Waals surface area contributed by atoms with E-state index in [0.29, 0.717) is 6.04 Å². The summed E-state index contributed by atoms with van der Waals surface area (Å²) in [5.74, 6) is 0.769. The third-order valence-corrected chi connectivity index (χ3v) is 1.80. The number of hydrogen-bond acceptors (Lipinski definition) is 2. The van der Waals surface area contributed by atoms with Crippen LogP contribution in [0.2, 0.25) is 0 Å². The van der Waals surface area contributed by atoms with Crippen LogP contribution in [-0.4, -0.2) is 17.7 Å². The summed E-state index contributed by atoms with van der Waals surface area (Å²) in [5.41, 5.74) is 3.15. The van der Waals surface area contributed by atoms with Crippen molar-refractivity contribution in [2.75, 3.05) is 6.67 Å². The molecule has 2 nitrogen and oxygen atoms in total. The van der Waals surface area contributed by atoms with E-state index in [1.54, 1.807) is 0 Å². The van der Waals surface area contributed by atoms with E-state index < -0.39 is 0 Å². The molecule has 8 heavy (non-hydrogen) atoms. The molecule has 1 rings (SSSR count). The van der Waals surface area contributed by atoms with E-state index >= 15 is 0 Å². The third-order valence-electron chi connectivity index (χ3n) is 1.80. The van der Waals surface area contributed by atoms with Gasteiger partial charge in [0.15, 0.2) is 0 Å². The number of rotatable bonds is 2. The minimum Gasteiger partial charge on any atom is -0.238 e. The first-order valence-electron chi connectivity index (χ1n) is 3.22. The van der Waals surface area contributed by atoms with E-state index in [-0.39, 0.29) is 0 Å². The van der Waals surface area contributed by atoms with Crippen molar-refractivity contribution in [3.63, 3.8) is 0 Å². The van der Waals surface area contributed by atoms with Crippen molar-refractivity contribution in [2.24, 2.45) is 5.92 Å². The molecule has 2 atom stereocenters. The smallest absolute Gasteiger partial charge is 0.0757 e. The zero-order valence-corrected chi connectivity index (χ0v) is 5.81.